The number of aromatic nitrogens is 3. The van der Waals surface area contributed by atoms with Crippen molar-refractivity contribution in [2.24, 2.45) is 0 Å². The van der Waals surface area contributed by atoms with Gasteiger partial charge in [0.25, 0.3) is 5.91 Å². The Balaban J connectivity index is 1.36. The van der Waals surface area contributed by atoms with Crippen LogP contribution in [0, 0.1) is 19.7 Å². The number of amides is 1. The quantitative estimate of drug-likeness (QED) is 0.530. The minimum absolute atomic E-state index is 0.106. The van der Waals surface area contributed by atoms with Crippen molar-refractivity contribution in [3.8, 4) is 5.75 Å². The number of rotatable bonds is 6. The number of aryl methyl sites for hydroxylation is 2. The minimum Gasteiger partial charge on any atom is -0.488 e. The Morgan fingerprint density at radius 1 is 1.29 bits per heavy atom. The smallest absolute Gasteiger partial charge is 0.258 e. The Bertz CT molecular complexity index is 1260. The lowest BCUT2D eigenvalue weighted by atomic mass is 10.1. The van der Waals surface area contributed by atoms with Gasteiger partial charge >= 0.3 is 0 Å². The molecule has 34 heavy (non-hydrogen) atoms. The van der Waals surface area contributed by atoms with E-state index in [0.717, 1.165) is 42.2 Å². The summed E-state index contributed by atoms with van der Waals surface area (Å²) in [7, 11) is 1.68. The number of nitrogens with zero attached hydrogens (tertiary/aromatic N) is 5. The van der Waals surface area contributed by atoms with Gasteiger partial charge in [0.2, 0.25) is 0 Å². The van der Waals surface area contributed by atoms with Crippen molar-refractivity contribution in [2.45, 2.75) is 39.5 Å². The zero-order valence-electron chi connectivity index (χ0n) is 19.5. The van der Waals surface area contributed by atoms with E-state index in [2.05, 4.69) is 15.0 Å². The maximum Gasteiger partial charge on any atom is 0.258 e. The van der Waals surface area contributed by atoms with Crippen LogP contribution in [0.15, 0.2) is 18.2 Å². The molecule has 1 saturated heterocycles. The molecular formula is C24H27ClFN5O3. The van der Waals surface area contributed by atoms with E-state index in [1.807, 2.05) is 13.8 Å². The van der Waals surface area contributed by atoms with Crippen LogP contribution in [0.1, 0.15) is 39.4 Å². The van der Waals surface area contributed by atoms with Gasteiger partial charge in [0.1, 0.15) is 17.7 Å². The summed E-state index contributed by atoms with van der Waals surface area (Å²) >= 11 is 6.33. The second-order valence-corrected chi connectivity index (χ2v) is 9.26. The first kappa shape index (κ1) is 23.0. The summed E-state index contributed by atoms with van der Waals surface area (Å²) in [4.78, 5) is 22.0. The van der Waals surface area contributed by atoms with Crippen LogP contribution in [-0.2, 0) is 17.8 Å². The number of likely N-dealkylation sites (tertiary alicyclic amines) is 1. The molecule has 2 aliphatic heterocycles. The summed E-state index contributed by atoms with van der Waals surface area (Å²) < 4.78 is 27.1. The highest BCUT2D eigenvalue weighted by Crippen LogP contribution is 2.32. The second-order valence-electron chi connectivity index (χ2n) is 8.88. The lowest BCUT2D eigenvalue weighted by Crippen LogP contribution is -2.29. The minimum atomic E-state index is -0.435. The molecular weight excluding hydrogens is 461 g/mol. The zero-order chi connectivity index (χ0) is 24.0. The number of benzene rings is 1. The van der Waals surface area contributed by atoms with Crippen molar-refractivity contribution in [1.29, 1.82) is 0 Å². The molecule has 5 rings (SSSR count). The maximum atomic E-state index is 14.1. The van der Waals surface area contributed by atoms with E-state index < -0.39 is 5.82 Å². The van der Waals surface area contributed by atoms with Crippen LogP contribution in [-0.4, -0.2) is 69.8 Å². The summed E-state index contributed by atoms with van der Waals surface area (Å²) in [6, 6.07) is 4.09. The van der Waals surface area contributed by atoms with E-state index in [9.17, 15) is 9.18 Å². The molecule has 0 bridgehead atoms. The third kappa shape index (κ3) is 4.12. The molecule has 1 unspecified atom stereocenters. The molecule has 2 aliphatic rings. The molecule has 2 aromatic heterocycles. The molecule has 1 fully saturated rings. The fourth-order valence-electron chi connectivity index (χ4n) is 4.69. The summed E-state index contributed by atoms with van der Waals surface area (Å²) in [6.07, 6.45) is 0.706. The van der Waals surface area contributed by atoms with Gasteiger partial charge in [-0.25, -0.2) is 13.9 Å². The second kappa shape index (κ2) is 9.13. The fourth-order valence-corrected chi connectivity index (χ4v) is 4.82. The van der Waals surface area contributed by atoms with Gasteiger partial charge in [0.05, 0.1) is 47.4 Å². The van der Waals surface area contributed by atoms with Crippen LogP contribution in [0.3, 0.4) is 0 Å². The van der Waals surface area contributed by atoms with Crippen molar-refractivity contribution in [1.82, 2.24) is 24.4 Å². The zero-order valence-corrected chi connectivity index (χ0v) is 20.2. The first-order chi connectivity index (χ1) is 16.4. The molecule has 10 heteroatoms. The molecule has 0 N–H and O–H groups in total. The summed E-state index contributed by atoms with van der Waals surface area (Å²) in [5.74, 6) is -0.378. The number of carbonyl (C=O) groups excluding carboxylic acids is 1. The number of carbonyl (C=O) groups is 1. The lowest BCUT2D eigenvalue weighted by molar-refractivity contribution is 0.0742. The number of hydrogen-bond acceptors (Lipinski definition) is 6. The molecule has 1 amide bonds. The molecule has 0 aliphatic carbocycles. The van der Waals surface area contributed by atoms with Crippen LogP contribution in [0.4, 0.5) is 4.39 Å². The molecule has 1 aromatic carbocycles. The predicted octanol–water partition coefficient (Wildman–Crippen LogP) is 3.39. The fraction of sp³-hybridized carbons (Fsp3) is 0.458. The molecule has 0 radical (unpaired) electrons. The highest BCUT2D eigenvalue weighted by molar-refractivity contribution is 6.31. The van der Waals surface area contributed by atoms with Crippen LogP contribution < -0.4 is 4.74 Å². The third-order valence-electron chi connectivity index (χ3n) is 6.55. The van der Waals surface area contributed by atoms with E-state index in [-0.39, 0.29) is 17.8 Å². The molecule has 0 saturated carbocycles. The number of fused-ring (bicyclic) bond motifs is 3. The Morgan fingerprint density at radius 3 is 2.91 bits per heavy atom. The number of halogens is 2. The van der Waals surface area contributed by atoms with Crippen molar-refractivity contribution in [3.63, 3.8) is 0 Å². The monoisotopic (exact) mass is 487 g/mol. The first-order valence-corrected chi connectivity index (χ1v) is 11.7. The highest BCUT2D eigenvalue weighted by atomic mass is 35.5. The average molecular weight is 488 g/mol. The van der Waals surface area contributed by atoms with Gasteiger partial charge in [-0.2, -0.15) is 5.10 Å². The van der Waals surface area contributed by atoms with Crippen molar-refractivity contribution < 1.29 is 18.7 Å². The van der Waals surface area contributed by atoms with Gasteiger partial charge in [-0.3, -0.25) is 9.69 Å². The van der Waals surface area contributed by atoms with Gasteiger partial charge in [-0.1, -0.05) is 11.6 Å². The Kier molecular flexibility index (Phi) is 6.18. The number of ether oxygens (including phenoxy) is 2. The van der Waals surface area contributed by atoms with Crippen molar-refractivity contribution in [3.05, 3.63) is 57.2 Å². The molecule has 4 heterocycles. The van der Waals surface area contributed by atoms with Crippen LogP contribution >= 0.6 is 11.6 Å². The molecule has 180 valence electrons. The Labute approximate surface area is 202 Å². The summed E-state index contributed by atoms with van der Waals surface area (Å²) in [5, 5.41) is 5.23. The maximum absolute atomic E-state index is 14.1. The van der Waals surface area contributed by atoms with Crippen LogP contribution in [0.25, 0.3) is 5.65 Å². The first-order valence-electron chi connectivity index (χ1n) is 11.4. The molecule has 0 spiro atoms. The largest absolute Gasteiger partial charge is 0.488 e. The lowest BCUT2D eigenvalue weighted by Gasteiger charge is -2.21. The Hall–Kier alpha value is -2.75. The highest BCUT2D eigenvalue weighted by Gasteiger charge is 2.32. The standard InChI is InChI=1S/C24H27ClFN5O3/c1-14-22(25)15(2)31-23(27-14)19-12-30(13-20(19)28-31)24(32)18-5-4-16(26)10-21(18)34-17-6-7-29(11-17)8-9-33-3/h4-5,10,17H,6-9,11-13H2,1-3H3. The third-order valence-corrected chi connectivity index (χ3v) is 7.10. The van der Waals surface area contributed by atoms with Gasteiger partial charge < -0.3 is 14.4 Å². The van der Waals surface area contributed by atoms with Gasteiger partial charge in [-0.15, -0.1) is 0 Å². The summed E-state index contributed by atoms with van der Waals surface area (Å²) in [6.45, 7) is 7.53. The van der Waals surface area contributed by atoms with E-state index in [1.54, 1.807) is 16.5 Å². The van der Waals surface area contributed by atoms with E-state index in [1.165, 1.54) is 18.2 Å². The Morgan fingerprint density at radius 2 is 2.12 bits per heavy atom. The van der Waals surface area contributed by atoms with Crippen LogP contribution in [0.2, 0.25) is 5.02 Å². The van der Waals surface area contributed by atoms with Gasteiger partial charge in [0.15, 0.2) is 5.65 Å². The van der Waals surface area contributed by atoms with Gasteiger partial charge in [0, 0.05) is 38.4 Å². The van der Waals surface area contributed by atoms with Gasteiger partial charge in [-0.05, 0) is 32.4 Å². The molecule has 8 nitrogen and oxygen atoms in total. The van der Waals surface area contributed by atoms with Crippen molar-refractivity contribution >= 4 is 23.2 Å². The van der Waals surface area contributed by atoms with E-state index in [0.29, 0.717) is 42.5 Å². The normalized spacial score (nSPS) is 18.1. The average Bonchev–Trinajstić information content (AvgIpc) is 3.51. The topological polar surface area (TPSA) is 72.2 Å². The van der Waals surface area contributed by atoms with Crippen LogP contribution in [0.5, 0.6) is 5.75 Å². The number of hydrogen-bond donors (Lipinski definition) is 0. The number of methoxy groups -OCH3 is 1. The summed E-state index contributed by atoms with van der Waals surface area (Å²) in [5.41, 5.74) is 4.31. The SMILES string of the molecule is COCCN1CCC(Oc2cc(F)ccc2C(=O)N2Cc3nn4c(C)c(Cl)c(C)nc4c3C2)C1. The molecule has 3 aromatic rings. The van der Waals surface area contributed by atoms with E-state index >= 15 is 0 Å². The van der Waals surface area contributed by atoms with E-state index in [4.69, 9.17) is 21.1 Å². The molecule has 1 atom stereocenters. The van der Waals surface area contributed by atoms with Crippen molar-refractivity contribution in [2.75, 3.05) is 33.4 Å². The predicted molar refractivity (Wildman–Crippen MR) is 125 cm³/mol.